The van der Waals surface area contributed by atoms with Gasteiger partial charge < -0.3 is 14.2 Å². The molecule has 0 saturated carbocycles. The van der Waals surface area contributed by atoms with E-state index in [0.29, 0.717) is 28.6 Å². The SMILES string of the molecule is CCCN1CCCN(C(=O)c2ncoc2-c2ccccc2Cl)CC1. The number of amides is 1. The van der Waals surface area contributed by atoms with Crippen molar-refractivity contribution in [2.45, 2.75) is 19.8 Å². The molecule has 2 aromatic rings. The smallest absolute Gasteiger partial charge is 0.276 e. The molecule has 0 aliphatic carbocycles. The van der Waals surface area contributed by atoms with Crippen molar-refractivity contribution in [3.63, 3.8) is 0 Å². The van der Waals surface area contributed by atoms with Gasteiger partial charge in [-0.1, -0.05) is 30.7 Å². The van der Waals surface area contributed by atoms with E-state index < -0.39 is 0 Å². The fourth-order valence-electron chi connectivity index (χ4n) is 3.10. The molecular weight excluding hydrogens is 326 g/mol. The van der Waals surface area contributed by atoms with Crippen LogP contribution in [0.1, 0.15) is 30.3 Å². The molecule has 1 fully saturated rings. The first-order valence-electron chi connectivity index (χ1n) is 8.40. The topological polar surface area (TPSA) is 49.6 Å². The summed E-state index contributed by atoms with van der Waals surface area (Å²) in [6.07, 6.45) is 3.42. The molecular formula is C18H22ClN3O2. The molecule has 1 amide bonds. The average Bonchev–Trinajstić information content (AvgIpc) is 2.95. The van der Waals surface area contributed by atoms with Gasteiger partial charge in [-0.3, -0.25) is 4.79 Å². The van der Waals surface area contributed by atoms with E-state index in [9.17, 15) is 4.79 Å². The standard InChI is InChI=1S/C18H22ClN3O2/c1-2-8-21-9-5-10-22(12-11-21)18(23)16-17(24-13-20-16)14-6-3-4-7-15(14)19/h3-4,6-7,13H,2,5,8-12H2,1H3. The van der Waals surface area contributed by atoms with Crippen LogP contribution in [0.5, 0.6) is 0 Å². The zero-order valence-corrected chi connectivity index (χ0v) is 14.6. The van der Waals surface area contributed by atoms with Gasteiger partial charge in [-0.2, -0.15) is 0 Å². The van der Waals surface area contributed by atoms with Crippen LogP contribution in [0.15, 0.2) is 35.1 Å². The number of rotatable bonds is 4. The fourth-order valence-corrected chi connectivity index (χ4v) is 3.32. The molecule has 1 saturated heterocycles. The first kappa shape index (κ1) is 17.0. The third-order valence-corrected chi connectivity index (χ3v) is 4.63. The Kier molecular flexibility index (Phi) is 5.53. The maximum atomic E-state index is 12.9. The first-order valence-corrected chi connectivity index (χ1v) is 8.78. The second-order valence-corrected chi connectivity index (χ2v) is 6.40. The van der Waals surface area contributed by atoms with Gasteiger partial charge in [0.25, 0.3) is 5.91 Å². The van der Waals surface area contributed by atoms with Gasteiger partial charge in [-0.25, -0.2) is 4.98 Å². The Morgan fingerprint density at radius 3 is 2.88 bits per heavy atom. The van der Waals surface area contributed by atoms with Crippen LogP contribution < -0.4 is 0 Å². The molecule has 0 N–H and O–H groups in total. The second kappa shape index (κ2) is 7.81. The minimum absolute atomic E-state index is 0.0861. The van der Waals surface area contributed by atoms with Crippen LogP contribution in [0.3, 0.4) is 0 Å². The zero-order chi connectivity index (χ0) is 16.9. The van der Waals surface area contributed by atoms with Crippen molar-refractivity contribution < 1.29 is 9.21 Å². The van der Waals surface area contributed by atoms with E-state index in [-0.39, 0.29) is 5.91 Å². The van der Waals surface area contributed by atoms with E-state index in [1.54, 1.807) is 6.07 Å². The summed E-state index contributed by atoms with van der Waals surface area (Å²) in [5, 5.41) is 0.549. The van der Waals surface area contributed by atoms with Crippen molar-refractivity contribution >= 4 is 17.5 Å². The average molecular weight is 348 g/mol. The van der Waals surface area contributed by atoms with E-state index in [1.807, 2.05) is 23.1 Å². The molecule has 1 aromatic carbocycles. The summed E-state index contributed by atoms with van der Waals surface area (Å²) >= 11 is 6.24. The van der Waals surface area contributed by atoms with Crippen LogP contribution >= 0.6 is 11.6 Å². The normalized spacial score (nSPS) is 16.2. The van der Waals surface area contributed by atoms with Gasteiger partial charge in [-0.15, -0.1) is 0 Å². The molecule has 2 heterocycles. The Labute approximate surface area is 147 Å². The van der Waals surface area contributed by atoms with Gasteiger partial charge >= 0.3 is 0 Å². The third-order valence-electron chi connectivity index (χ3n) is 4.30. The lowest BCUT2D eigenvalue weighted by molar-refractivity contribution is 0.0756. The van der Waals surface area contributed by atoms with Gasteiger partial charge in [-0.05, 0) is 38.1 Å². The van der Waals surface area contributed by atoms with E-state index in [4.69, 9.17) is 16.0 Å². The third kappa shape index (κ3) is 3.62. The lowest BCUT2D eigenvalue weighted by atomic mass is 10.1. The Hall–Kier alpha value is -1.85. The highest BCUT2D eigenvalue weighted by Gasteiger charge is 2.26. The molecule has 0 atom stereocenters. The Morgan fingerprint density at radius 1 is 1.25 bits per heavy atom. The van der Waals surface area contributed by atoms with E-state index in [2.05, 4.69) is 16.8 Å². The number of nitrogens with zero attached hydrogens (tertiary/aromatic N) is 3. The molecule has 0 bridgehead atoms. The minimum atomic E-state index is -0.0861. The molecule has 6 heteroatoms. The highest BCUT2D eigenvalue weighted by atomic mass is 35.5. The molecule has 0 unspecified atom stereocenters. The molecule has 24 heavy (non-hydrogen) atoms. The zero-order valence-electron chi connectivity index (χ0n) is 13.9. The summed E-state index contributed by atoms with van der Waals surface area (Å²) in [5.74, 6) is 0.359. The number of carbonyl (C=O) groups excluding carboxylic acids is 1. The molecule has 1 aliphatic heterocycles. The number of hydrogen-bond donors (Lipinski definition) is 0. The van der Waals surface area contributed by atoms with Crippen molar-refractivity contribution in [2.75, 3.05) is 32.7 Å². The molecule has 5 nitrogen and oxygen atoms in total. The highest BCUT2D eigenvalue weighted by Crippen LogP contribution is 2.30. The summed E-state index contributed by atoms with van der Waals surface area (Å²) in [6, 6.07) is 7.33. The fraction of sp³-hybridized carbons (Fsp3) is 0.444. The minimum Gasteiger partial charge on any atom is -0.443 e. The quantitative estimate of drug-likeness (QED) is 0.848. The Balaban J connectivity index is 1.79. The Bertz CT molecular complexity index is 701. The lowest BCUT2D eigenvalue weighted by Crippen LogP contribution is -2.35. The molecule has 0 spiro atoms. The number of halogens is 1. The summed E-state index contributed by atoms with van der Waals surface area (Å²) in [4.78, 5) is 21.4. The maximum Gasteiger partial charge on any atom is 0.276 e. The van der Waals surface area contributed by atoms with Crippen LogP contribution in [0.25, 0.3) is 11.3 Å². The predicted molar refractivity (Wildman–Crippen MR) is 94.2 cm³/mol. The summed E-state index contributed by atoms with van der Waals surface area (Å²) < 4.78 is 5.48. The van der Waals surface area contributed by atoms with E-state index >= 15 is 0 Å². The molecule has 3 rings (SSSR count). The van der Waals surface area contributed by atoms with Gasteiger partial charge in [0.05, 0.1) is 5.02 Å². The maximum absolute atomic E-state index is 12.9. The molecule has 1 aromatic heterocycles. The predicted octanol–water partition coefficient (Wildman–Crippen LogP) is 3.55. The van der Waals surface area contributed by atoms with E-state index in [0.717, 1.165) is 39.0 Å². The van der Waals surface area contributed by atoms with Gasteiger partial charge in [0, 0.05) is 25.2 Å². The number of oxazole rings is 1. The first-order chi connectivity index (χ1) is 11.7. The van der Waals surface area contributed by atoms with Crippen LogP contribution in [0, 0.1) is 0 Å². The van der Waals surface area contributed by atoms with Crippen molar-refractivity contribution in [3.05, 3.63) is 41.4 Å². The van der Waals surface area contributed by atoms with Crippen molar-refractivity contribution in [2.24, 2.45) is 0 Å². The number of carbonyl (C=O) groups is 1. The highest BCUT2D eigenvalue weighted by molar-refractivity contribution is 6.33. The van der Waals surface area contributed by atoms with E-state index in [1.165, 1.54) is 6.39 Å². The number of aromatic nitrogens is 1. The molecule has 1 aliphatic rings. The Morgan fingerprint density at radius 2 is 2.08 bits per heavy atom. The second-order valence-electron chi connectivity index (χ2n) is 6.00. The summed E-state index contributed by atoms with van der Waals surface area (Å²) in [5.41, 5.74) is 1.04. The number of hydrogen-bond acceptors (Lipinski definition) is 4. The van der Waals surface area contributed by atoms with Gasteiger partial charge in [0.1, 0.15) is 0 Å². The monoisotopic (exact) mass is 347 g/mol. The number of benzene rings is 1. The lowest BCUT2D eigenvalue weighted by Gasteiger charge is -2.21. The van der Waals surface area contributed by atoms with Crippen LogP contribution in [-0.2, 0) is 0 Å². The largest absolute Gasteiger partial charge is 0.443 e. The summed E-state index contributed by atoms with van der Waals surface area (Å²) in [6.45, 7) is 6.66. The molecule has 128 valence electrons. The van der Waals surface area contributed by atoms with Crippen molar-refractivity contribution in [1.29, 1.82) is 0 Å². The van der Waals surface area contributed by atoms with Gasteiger partial charge in [0.2, 0.25) is 0 Å². The van der Waals surface area contributed by atoms with Crippen LogP contribution in [0.2, 0.25) is 5.02 Å². The van der Waals surface area contributed by atoms with Crippen LogP contribution in [-0.4, -0.2) is 53.4 Å². The van der Waals surface area contributed by atoms with Gasteiger partial charge in [0.15, 0.2) is 17.8 Å². The van der Waals surface area contributed by atoms with Crippen molar-refractivity contribution in [3.8, 4) is 11.3 Å². The molecule has 0 radical (unpaired) electrons. The van der Waals surface area contributed by atoms with Crippen LogP contribution in [0.4, 0.5) is 0 Å². The summed E-state index contributed by atoms with van der Waals surface area (Å²) in [7, 11) is 0. The van der Waals surface area contributed by atoms with Crippen molar-refractivity contribution in [1.82, 2.24) is 14.8 Å².